The number of hydrogen-bond acceptors (Lipinski definition) is 4. The minimum absolute atomic E-state index is 0.142. The molecule has 120 valence electrons. The van der Waals surface area contributed by atoms with Gasteiger partial charge in [0.1, 0.15) is 0 Å². The summed E-state index contributed by atoms with van der Waals surface area (Å²) in [6, 6.07) is 8.22. The van der Waals surface area contributed by atoms with E-state index in [1.54, 1.807) is 36.5 Å². The van der Waals surface area contributed by atoms with Crippen molar-refractivity contribution in [1.82, 2.24) is 15.3 Å². The monoisotopic (exact) mass is 350 g/mol. The van der Waals surface area contributed by atoms with Crippen LogP contribution < -0.4 is 10.6 Å². The Morgan fingerprint density at radius 2 is 2.22 bits per heavy atom. The van der Waals surface area contributed by atoms with E-state index in [4.69, 9.17) is 28.9 Å². The maximum Gasteiger partial charge on any atom is 0.305 e. The number of nitrogens with zero attached hydrogens (tertiary/aromatic N) is 2. The van der Waals surface area contributed by atoms with Crippen LogP contribution in [0.15, 0.2) is 36.5 Å². The average molecular weight is 351 g/mol. The normalized spacial score (nSPS) is 11.6. The molecule has 2 aromatic rings. The van der Waals surface area contributed by atoms with E-state index in [1.807, 2.05) is 6.92 Å². The molecule has 0 radical (unpaired) electrons. The summed E-state index contributed by atoms with van der Waals surface area (Å²) in [4.78, 5) is 19.3. The van der Waals surface area contributed by atoms with Gasteiger partial charge in [-0.2, -0.15) is 0 Å². The summed E-state index contributed by atoms with van der Waals surface area (Å²) in [6.07, 6.45) is 1.47. The molecule has 0 saturated carbocycles. The maximum absolute atomic E-state index is 11.1. The summed E-state index contributed by atoms with van der Waals surface area (Å²) < 4.78 is 0. The standard InChI is InChI=1S/C15H15ClN4O2S/c1-9-5-6-17-14(18-9)20-15(23)19-12(8-13(21)22)10-3-2-4-11(16)7-10/h2-7,12H,8H2,1H3,(H,21,22)(H2,17,18,19,20,23)/t12-/m1/s1. The number of halogens is 1. The molecule has 0 fully saturated rings. The topological polar surface area (TPSA) is 87.1 Å². The zero-order chi connectivity index (χ0) is 16.8. The summed E-state index contributed by atoms with van der Waals surface area (Å²) in [6.45, 7) is 1.84. The van der Waals surface area contributed by atoms with Crippen molar-refractivity contribution in [2.45, 2.75) is 19.4 Å². The zero-order valence-electron chi connectivity index (χ0n) is 12.3. The number of thiocarbonyl (C=S) groups is 1. The van der Waals surface area contributed by atoms with Gasteiger partial charge < -0.3 is 15.7 Å². The first-order valence-corrected chi connectivity index (χ1v) is 7.57. The van der Waals surface area contributed by atoms with Crippen LogP contribution in [0.4, 0.5) is 5.95 Å². The first kappa shape index (κ1) is 17.1. The number of nitrogens with one attached hydrogen (secondary N) is 2. The van der Waals surface area contributed by atoms with Gasteiger partial charge in [-0.25, -0.2) is 9.97 Å². The predicted molar refractivity (Wildman–Crippen MR) is 92.6 cm³/mol. The Morgan fingerprint density at radius 3 is 2.87 bits per heavy atom. The highest BCUT2D eigenvalue weighted by atomic mass is 35.5. The molecule has 23 heavy (non-hydrogen) atoms. The van der Waals surface area contributed by atoms with Crippen LogP contribution in [0.25, 0.3) is 0 Å². The highest BCUT2D eigenvalue weighted by Crippen LogP contribution is 2.20. The van der Waals surface area contributed by atoms with Crippen LogP contribution in [0, 0.1) is 6.92 Å². The fourth-order valence-corrected chi connectivity index (χ4v) is 2.39. The fourth-order valence-electron chi connectivity index (χ4n) is 1.96. The van der Waals surface area contributed by atoms with Crippen LogP contribution in [0.2, 0.25) is 5.02 Å². The van der Waals surface area contributed by atoms with Crippen molar-refractivity contribution in [2.75, 3.05) is 5.32 Å². The first-order valence-electron chi connectivity index (χ1n) is 6.78. The molecule has 0 unspecified atom stereocenters. The van der Waals surface area contributed by atoms with Crippen molar-refractivity contribution in [3.8, 4) is 0 Å². The summed E-state index contributed by atoms with van der Waals surface area (Å²) in [7, 11) is 0. The molecule has 0 aliphatic rings. The lowest BCUT2D eigenvalue weighted by molar-refractivity contribution is -0.137. The minimum Gasteiger partial charge on any atom is -0.481 e. The second kappa shape index (κ2) is 7.85. The number of aryl methyl sites for hydroxylation is 1. The van der Waals surface area contributed by atoms with Crippen LogP contribution in [0.1, 0.15) is 23.7 Å². The van der Waals surface area contributed by atoms with Crippen LogP contribution in [-0.4, -0.2) is 26.2 Å². The minimum atomic E-state index is -0.947. The highest BCUT2D eigenvalue weighted by molar-refractivity contribution is 7.80. The number of benzene rings is 1. The van der Waals surface area contributed by atoms with Crippen molar-refractivity contribution in [3.63, 3.8) is 0 Å². The summed E-state index contributed by atoms with van der Waals surface area (Å²) in [5.41, 5.74) is 1.52. The number of anilines is 1. The molecule has 3 N–H and O–H groups in total. The van der Waals surface area contributed by atoms with Crippen LogP contribution in [0.3, 0.4) is 0 Å². The quantitative estimate of drug-likeness (QED) is 0.714. The van der Waals surface area contributed by atoms with Crippen LogP contribution in [0.5, 0.6) is 0 Å². The van der Waals surface area contributed by atoms with Gasteiger partial charge in [-0.15, -0.1) is 0 Å². The molecule has 0 spiro atoms. The van der Waals surface area contributed by atoms with E-state index < -0.39 is 12.0 Å². The zero-order valence-corrected chi connectivity index (χ0v) is 13.9. The average Bonchev–Trinajstić information content (AvgIpc) is 2.46. The molecule has 0 aliphatic heterocycles. The SMILES string of the molecule is Cc1ccnc(NC(=S)N[C@H](CC(=O)O)c2cccc(Cl)c2)n1. The fraction of sp³-hybridized carbons (Fsp3) is 0.200. The van der Waals surface area contributed by atoms with Gasteiger partial charge in [-0.3, -0.25) is 4.79 Å². The molecule has 1 aromatic heterocycles. The lowest BCUT2D eigenvalue weighted by Gasteiger charge is -2.19. The molecule has 1 atom stereocenters. The van der Waals surface area contributed by atoms with E-state index >= 15 is 0 Å². The van der Waals surface area contributed by atoms with E-state index in [0.717, 1.165) is 11.3 Å². The van der Waals surface area contributed by atoms with Gasteiger partial charge in [-0.05, 0) is 42.9 Å². The summed E-state index contributed by atoms with van der Waals surface area (Å²) in [5, 5.41) is 15.7. The molecular formula is C15H15ClN4O2S. The number of carboxylic acids is 1. The molecule has 0 amide bonds. The molecule has 2 rings (SSSR count). The Hall–Kier alpha value is -2.25. The van der Waals surface area contributed by atoms with E-state index in [1.165, 1.54) is 0 Å². The van der Waals surface area contributed by atoms with E-state index in [0.29, 0.717) is 11.0 Å². The largest absolute Gasteiger partial charge is 0.481 e. The van der Waals surface area contributed by atoms with Crippen molar-refractivity contribution in [1.29, 1.82) is 0 Å². The summed E-state index contributed by atoms with van der Waals surface area (Å²) in [5.74, 6) is -0.597. The molecule has 1 heterocycles. The van der Waals surface area contributed by atoms with Crippen LogP contribution in [-0.2, 0) is 4.79 Å². The Kier molecular flexibility index (Phi) is 5.84. The first-order chi connectivity index (χ1) is 10.9. The van der Waals surface area contributed by atoms with Gasteiger partial charge in [0.15, 0.2) is 5.11 Å². The van der Waals surface area contributed by atoms with Crippen LogP contribution >= 0.6 is 23.8 Å². The molecular weight excluding hydrogens is 336 g/mol. The molecule has 0 saturated heterocycles. The molecule has 1 aromatic carbocycles. The van der Waals surface area contributed by atoms with Gasteiger partial charge in [0.25, 0.3) is 0 Å². The van der Waals surface area contributed by atoms with Crippen molar-refractivity contribution < 1.29 is 9.90 Å². The number of carboxylic acid groups (broad SMARTS) is 1. The maximum atomic E-state index is 11.1. The lowest BCUT2D eigenvalue weighted by atomic mass is 10.0. The van der Waals surface area contributed by atoms with Crippen molar-refractivity contribution >= 4 is 40.8 Å². The number of aromatic nitrogens is 2. The van der Waals surface area contributed by atoms with Gasteiger partial charge in [0.2, 0.25) is 5.95 Å². The van der Waals surface area contributed by atoms with Gasteiger partial charge >= 0.3 is 5.97 Å². The molecule has 0 bridgehead atoms. The number of aliphatic carboxylic acids is 1. The third-order valence-electron chi connectivity index (χ3n) is 2.96. The second-order valence-corrected chi connectivity index (χ2v) is 5.67. The smallest absolute Gasteiger partial charge is 0.305 e. The number of rotatable bonds is 5. The Bertz CT molecular complexity index is 726. The summed E-state index contributed by atoms with van der Waals surface area (Å²) >= 11 is 11.2. The number of hydrogen-bond donors (Lipinski definition) is 3. The number of carbonyl (C=O) groups is 1. The van der Waals surface area contributed by atoms with Gasteiger partial charge in [-0.1, -0.05) is 23.7 Å². The highest BCUT2D eigenvalue weighted by Gasteiger charge is 2.17. The second-order valence-electron chi connectivity index (χ2n) is 4.83. The van der Waals surface area contributed by atoms with Gasteiger partial charge in [0, 0.05) is 16.9 Å². The van der Waals surface area contributed by atoms with E-state index in [-0.39, 0.29) is 11.5 Å². The Balaban J connectivity index is 2.11. The van der Waals surface area contributed by atoms with E-state index in [2.05, 4.69) is 20.6 Å². The third-order valence-corrected chi connectivity index (χ3v) is 3.41. The Morgan fingerprint density at radius 1 is 1.43 bits per heavy atom. The molecule has 6 nitrogen and oxygen atoms in total. The Labute approximate surface area is 143 Å². The lowest BCUT2D eigenvalue weighted by Crippen LogP contribution is -2.34. The molecule has 8 heteroatoms. The van der Waals surface area contributed by atoms with Crippen molar-refractivity contribution in [2.24, 2.45) is 0 Å². The molecule has 0 aliphatic carbocycles. The third kappa shape index (κ3) is 5.46. The predicted octanol–water partition coefficient (Wildman–Crippen LogP) is 2.94. The van der Waals surface area contributed by atoms with Crippen molar-refractivity contribution in [3.05, 3.63) is 52.8 Å². The van der Waals surface area contributed by atoms with E-state index in [9.17, 15) is 4.79 Å². The van der Waals surface area contributed by atoms with Gasteiger partial charge in [0.05, 0.1) is 12.5 Å².